The first kappa shape index (κ1) is 16.0. The van der Waals surface area contributed by atoms with Gasteiger partial charge < -0.3 is 20.3 Å². The van der Waals surface area contributed by atoms with E-state index in [9.17, 15) is 4.79 Å². The van der Waals surface area contributed by atoms with Gasteiger partial charge in [0.25, 0.3) is 0 Å². The SMILES string of the molecule is COc1ccc(N2CCC(NC(=O)NC3CCCC3)CC2)cc1. The number of carbonyl (C=O) groups excluding carboxylic acids is 1. The molecule has 0 radical (unpaired) electrons. The van der Waals surface area contributed by atoms with E-state index in [0.717, 1.165) is 44.5 Å². The first-order chi connectivity index (χ1) is 11.2. The van der Waals surface area contributed by atoms with Crippen LogP contribution >= 0.6 is 0 Å². The van der Waals surface area contributed by atoms with E-state index in [4.69, 9.17) is 4.74 Å². The number of benzene rings is 1. The number of urea groups is 1. The van der Waals surface area contributed by atoms with E-state index in [1.807, 2.05) is 12.1 Å². The van der Waals surface area contributed by atoms with Gasteiger partial charge >= 0.3 is 6.03 Å². The lowest BCUT2D eigenvalue weighted by molar-refractivity contribution is 0.230. The predicted molar refractivity (Wildman–Crippen MR) is 92.2 cm³/mol. The van der Waals surface area contributed by atoms with Crippen LogP contribution in [0.1, 0.15) is 38.5 Å². The molecule has 2 amide bonds. The van der Waals surface area contributed by atoms with Gasteiger partial charge in [0, 0.05) is 30.9 Å². The lowest BCUT2D eigenvalue weighted by Gasteiger charge is -2.34. The van der Waals surface area contributed by atoms with E-state index in [1.165, 1.54) is 18.5 Å². The van der Waals surface area contributed by atoms with Crippen LogP contribution in [0.15, 0.2) is 24.3 Å². The molecule has 1 aromatic rings. The number of ether oxygens (including phenoxy) is 1. The third-order valence-electron chi connectivity index (χ3n) is 4.96. The summed E-state index contributed by atoms with van der Waals surface area (Å²) in [5, 5.41) is 6.24. The summed E-state index contributed by atoms with van der Waals surface area (Å²) in [6.07, 6.45) is 6.72. The van der Waals surface area contributed by atoms with Crippen molar-refractivity contribution in [3.63, 3.8) is 0 Å². The molecule has 0 aromatic heterocycles. The van der Waals surface area contributed by atoms with E-state index < -0.39 is 0 Å². The zero-order valence-corrected chi connectivity index (χ0v) is 13.9. The third-order valence-corrected chi connectivity index (χ3v) is 4.96. The van der Waals surface area contributed by atoms with Crippen LogP contribution in [-0.4, -0.2) is 38.3 Å². The third kappa shape index (κ3) is 4.30. The molecule has 5 heteroatoms. The Morgan fingerprint density at radius 1 is 1.00 bits per heavy atom. The molecule has 0 atom stereocenters. The van der Waals surface area contributed by atoms with Gasteiger partial charge in [-0.3, -0.25) is 0 Å². The average molecular weight is 317 g/mol. The summed E-state index contributed by atoms with van der Waals surface area (Å²) in [5.74, 6) is 0.883. The number of anilines is 1. The normalized spacial score (nSPS) is 19.6. The van der Waals surface area contributed by atoms with Crippen molar-refractivity contribution in [3.05, 3.63) is 24.3 Å². The first-order valence-electron chi connectivity index (χ1n) is 8.70. The van der Waals surface area contributed by atoms with Crippen molar-refractivity contribution in [2.45, 2.75) is 50.6 Å². The van der Waals surface area contributed by atoms with Crippen molar-refractivity contribution in [2.24, 2.45) is 0 Å². The van der Waals surface area contributed by atoms with Crippen LogP contribution in [0.25, 0.3) is 0 Å². The molecule has 1 saturated carbocycles. The average Bonchev–Trinajstić information content (AvgIpc) is 3.08. The summed E-state index contributed by atoms with van der Waals surface area (Å²) in [7, 11) is 1.68. The molecule has 0 unspecified atom stereocenters. The fourth-order valence-electron chi connectivity index (χ4n) is 3.56. The van der Waals surface area contributed by atoms with Crippen molar-refractivity contribution in [3.8, 4) is 5.75 Å². The minimum atomic E-state index is 0.0137. The van der Waals surface area contributed by atoms with Crippen LogP contribution in [0.4, 0.5) is 10.5 Å². The highest BCUT2D eigenvalue weighted by atomic mass is 16.5. The number of piperidine rings is 1. The van der Waals surface area contributed by atoms with Gasteiger partial charge in [-0.25, -0.2) is 4.79 Å². The Morgan fingerprint density at radius 3 is 2.13 bits per heavy atom. The molecular weight excluding hydrogens is 290 g/mol. The molecule has 1 heterocycles. The van der Waals surface area contributed by atoms with Crippen LogP contribution in [0.5, 0.6) is 5.75 Å². The highest BCUT2D eigenvalue weighted by Gasteiger charge is 2.23. The molecule has 2 aliphatic rings. The Morgan fingerprint density at radius 2 is 1.57 bits per heavy atom. The van der Waals surface area contributed by atoms with E-state index in [1.54, 1.807) is 7.11 Å². The molecule has 1 saturated heterocycles. The summed E-state index contributed by atoms with van der Waals surface area (Å²) < 4.78 is 5.20. The second-order valence-electron chi connectivity index (χ2n) is 6.56. The Bertz CT molecular complexity index is 504. The van der Waals surface area contributed by atoms with Crippen LogP contribution in [0.3, 0.4) is 0 Å². The van der Waals surface area contributed by atoms with Crippen LogP contribution in [0.2, 0.25) is 0 Å². The maximum Gasteiger partial charge on any atom is 0.315 e. The van der Waals surface area contributed by atoms with Gasteiger partial charge in [-0.05, 0) is 49.9 Å². The molecule has 0 bridgehead atoms. The summed E-state index contributed by atoms with van der Waals surface area (Å²) >= 11 is 0. The largest absolute Gasteiger partial charge is 0.497 e. The maximum atomic E-state index is 12.0. The number of hydrogen-bond acceptors (Lipinski definition) is 3. The van der Waals surface area contributed by atoms with E-state index >= 15 is 0 Å². The van der Waals surface area contributed by atoms with Gasteiger partial charge in [-0.2, -0.15) is 0 Å². The number of methoxy groups -OCH3 is 1. The summed E-state index contributed by atoms with van der Waals surface area (Å²) in [4.78, 5) is 14.4. The number of nitrogens with one attached hydrogen (secondary N) is 2. The summed E-state index contributed by atoms with van der Waals surface area (Å²) in [6.45, 7) is 1.95. The quantitative estimate of drug-likeness (QED) is 0.898. The molecule has 126 valence electrons. The number of hydrogen-bond donors (Lipinski definition) is 2. The molecule has 1 aliphatic heterocycles. The Labute approximate surface area is 138 Å². The van der Waals surface area contributed by atoms with Crippen LogP contribution in [-0.2, 0) is 0 Å². The van der Waals surface area contributed by atoms with Crippen LogP contribution in [0, 0.1) is 0 Å². The van der Waals surface area contributed by atoms with Crippen LogP contribution < -0.4 is 20.3 Å². The van der Waals surface area contributed by atoms with Crippen molar-refractivity contribution in [2.75, 3.05) is 25.1 Å². The van der Waals surface area contributed by atoms with Crippen molar-refractivity contribution in [1.82, 2.24) is 10.6 Å². The minimum absolute atomic E-state index is 0.0137. The van der Waals surface area contributed by atoms with Gasteiger partial charge in [0.2, 0.25) is 0 Å². The zero-order valence-electron chi connectivity index (χ0n) is 13.9. The Hall–Kier alpha value is -1.91. The molecular formula is C18H27N3O2. The van der Waals surface area contributed by atoms with E-state index in [2.05, 4.69) is 27.7 Å². The number of rotatable bonds is 4. The summed E-state index contributed by atoms with van der Waals surface area (Å²) in [5.41, 5.74) is 1.22. The second-order valence-corrected chi connectivity index (χ2v) is 6.56. The highest BCUT2D eigenvalue weighted by molar-refractivity contribution is 5.74. The molecule has 2 fully saturated rings. The highest BCUT2D eigenvalue weighted by Crippen LogP contribution is 2.23. The standard InChI is InChI=1S/C18H27N3O2/c1-23-17-8-6-16(7-9-17)21-12-10-15(11-13-21)20-18(22)19-14-4-2-3-5-14/h6-9,14-15H,2-5,10-13H2,1H3,(H2,19,20,22). The number of carbonyl (C=O) groups is 1. The fourth-order valence-corrected chi connectivity index (χ4v) is 3.56. The van der Waals surface area contributed by atoms with Gasteiger partial charge in [0.1, 0.15) is 5.75 Å². The summed E-state index contributed by atoms with van der Waals surface area (Å²) in [6, 6.07) is 8.86. The van der Waals surface area contributed by atoms with E-state index in [0.29, 0.717) is 6.04 Å². The maximum absolute atomic E-state index is 12.0. The van der Waals surface area contributed by atoms with Gasteiger partial charge in [-0.1, -0.05) is 12.8 Å². The lowest BCUT2D eigenvalue weighted by atomic mass is 10.0. The Balaban J connectivity index is 1.43. The lowest BCUT2D eigenvalue weighted by Crippen LogP contribution is -2.49. The first-order valence-corrected chi connectivity index (χ1v) is 8.70. The molecule has 2 N–H and O–H groups in total. The molecule has 1 aromatic carbocycles. The topological polar surface area (TPSA) is 53.6 Å². The van der Waals surface area contributed by atoms with Crippen molar-refractivity contribution in [1.29, 1.82) is 0 Å². The molecule has 3 rings (SSSR count). The molecule has 23 heavy (non-hydrogen) atoms. The molecule has 0 spiro atoms. The van der Waals surface area contributed by atoms with Crippen molar-refractivity contribution < 1.29 is 9.53 Å². The monoisotopic (exact) mass is 317 g/mol. The molecule has 1 aliphatic carbocycles. The van der Waals surface area contributed by atoms with Gasteiger partial charge in [-0.15, -0.1) is 0 Å². The fraction of sp³-hybridized carbons (Fsp3) is 0.611. The molecule has 5 nitrogen and oxygen atoms in total. The number of amides is 2. The smallest absolute Gasteiger partial charge is 0.315 e. The zero-order chi connectivity index (χ0) is 16.1. The van der Waals surface area contributed by atoms with Gasteiger partial charge in [0.15, 0.2) is 0 Å². The van der Waals surface area contributed by atoms with Gasteiger partial charge in [0.05, 0.1) is 7.11 Å². The van der Waals surface area contributed by atoms with Crippen molar-refractivity contribution >= 4 is 11.7 Å². The predicted octanol–water partition coefficient (Wildman–Crippen LogP) is 2.91. The Kier molecular flexibility index (Phi) is 5.26. The number of nitrogens with zero attached hydrogens (tertiary/aromatic N) is 1. The second kappa shape index (κ2) is 7.57. The minimum Gasteiger partial charge on any atom is -0.497 e. The van der Waals surface area contributed by atoms with E-state index in [-0.39, 0.29) is 12.1 Å².